The third kappa shape index (κ3) is 5.04. The van der Waals surface area contributed by atoms with Gasteiger partial charge in [0.2, 0.25) is 0 Å². The molecular formula is C19H16N6O4. The van der Waals surface area contributed by atoms with Gasteiger partial charge in [0.1, 0.15) is 17.2 Å². The van der Waals surface area contributed by atoms with Crippen LogP contribution in [0, 0.1) is 0 Å². The molecule has 3 rings (SSSR count). The summed E-state index contributed by atoms with van der Waals surface area (Å²) in [6, 6.07) is 14.2. The number of nitrogens with one attached hydrogen (secondary N) is 3. The van der Waals surface area contributed by atoms with Gasteiger partial charge in [-0.25, -0.2) is 10.9 Å². The SMILES string of the molecule is O=C(N/N=C/c1ccccc1O)c1cc(C(=O)N/N=C/c2ccccc2O)[nH]n1. The van der Waals surface area contributed by atoms with Crippen molar-refractivity contribution in [2.24, 2.45) is 10.2 Å². The molecule has 5 N–H and O–H groups in total. The average Bonchev–Trinajstić information content (AvgIpc) is 3.21. The molecule has 2 aromatic carbocycles. The summed E-state index contributed by atoms with van der Waals surface area (Å²) < 4.78 is 0. The van der Waals surface area contributed by atoms with Crippen molar-refractivity contribution in [2.45, 2.75) is 0 Å². The predicted molar refractivity (Wildman–Crippen MR) is 105 cm³/mol. The first-order valence-electron chi connectivity index (χ1n) is 8.33. The number of amides is 2. The molecule has 0 saturated carbocycles. The molecule has 0 atom stereocenters. The van der Waals surface area contributed by atoms with E-state index in [0.29, 0.717) is 11.1 Å². The summed E-state index contributed by atoms with van der Waals surface area (Å²) >= 11 is 0. The predicted octanol–water partition coefficient (Wildman–Crippen LogP) is 1.35. The van der Waals surface area contributed by atoms with Crippen molar-refractivity contribution in [3.8, 4) is 11.5 Å². The largest absolute Gasteiger partial charge is 0.507 e. The van der Waals surface area contributed by atoms with Crippen LogP contribution < -0.4 is 10.9 Å². The summed E-state index contributed by atoms with van der Waals surface area (Å²) in [6.45, 7) is 0. The highest BCUT2D eigenvalue weighted by atomic mass is 16.3. The normalized spacial score (nSPS) is 11.0. The number of carbonyl (C=O) groups is 2. The van der Waals surface area contributed by atoms with Gasteiger partial charge in [-0.2, -0.15) is 15.3 Å². The van der Waals surface area contributed by atoms with Crippen LogP contribution in [0.1, 0.15) is 32.1 Å². The number of H-pyrrole nitrogens is 1. The van der Waals surface area contributed by atoms with Crippen LogP contribution in [-0.2, 0) is 0 Å². The van der Waals surface area contributed by atoms with E-state index in [4.69, 9.17) is 0 Å². The summed E-state index contributed by atoms with van der Waals surface area (Å²) in [4.78, 5) is 24.1. The first-order valence-corrected chi connectivity index (χ1v) is 8.33. The van der Waals surface area contributed by atoms with E-state index in [-0.39, 0.29) is 22.9 Å². The van der Waals surface area contributed by atoms with E-state index >= 15 is 0 Å². The van der Waals surface area contributed by atoms with Crippen LogP contribution in [0.5, 0.6) is 11.5 Å². The van der Waals surface area contributed by atoms with Gasteiger partial charge in [-0.05, 0) is 24.3 Å². The van der Waals surface area contributed by atoms with E-state index in [0.717, 1.165) is 0 Å². The second kappa shape index (κ2) is 8.95. The van der Waals surface area contributed by atoms with Crippen molar-refractivity contribution in [3.63, 3.8) is 0 Å². The Balaban J connectivity index is 1.56. The molecule has 10 nitrogen and oxygen atoms in total. The molecule has 10 heteroatoms. The van der Waals surface area contributed by atoms with Crippen molar-refractivity contribution in [2.75, 3.05) is 0 Å². The van der Waals surface area contributed by atoms with Crippen molar-refractivity contribution < 1.29 is 19.8 Å². The van der Waals surface area contributed by atoms with E-state index in [1.54, 1.807) is 36.4 Å². The molecule has 2 amide bonds. The van der Waals surface area contributed by atoms with E-state index in [1.807, 2.05) is 0 Å². The molecule has 146 valence electrons. The van der Waals surface area contributed by atoms with Gasteiger partial charge < -0.3 is 10.2 Å². The lowest BCUT2D eigenvalue weighted by Crippen LogP contribution is -2.19. The van der Waals surface area contributed by atoms with Crippen LogP contribution in [0.25, 0.3) is 0 Å². The monoisotopic (exact) mass is 392 g/mol. The number of nitrogens with zero attached hydrogens (tertiary/aromatic N) is 3. The van der Waals surface area contributed by atoms with Crippen LogP contribution in [0.2, 0.25) is 0 Å². The number of para-hydroxylation sites is 2. The zero-order valence-corrected chi connectivity index (χ0v) is 14.9. The number of aromatic hydroxyl groups is 2. The Bertz CT molecular complexity index is 1010. The number of aromatic amines is 1. The van der Waals surface area contributed by atoms with Gasteiger partial charge in [-0.3, -0.25) is 14.7 Å². The van der Waals surface area contributed by atoms with Crippen LogP contribution in [0.15, 0.2) is 64.8 Å². The van der Waals surface area contributed by atoms with Gasteiger partial charge in [-0.15, -0.1) is 0 Å². The quantitative estimate of drug-likeness (QED) is 0.317. The Morgan fingerprint density at radius 3 is 1.93 bits per heavy atom. The van der Waals surface area contributed by atoms with E-state index in [2.05, 4.69) is 31.3 Å². The molecule has 0 fully saturated rings. The van der Waals surface area contributed by atoms with Crippen LogP contribution >= 0.6 is 0 Å². The maximum absolute atomic E-state index is 12.0. The molecule has 0 aliphatic carbocycles. The number of rotatable bonds is 6. The lowest BCUT2D eigenvalue weighted by atomic mass is 10.2. The number of phenolic OH excluding ortho intramolecular Hbond substituents is 2. The lowest BCUT2D eigenvalue weighted by molar-refractivity contribution is 0.0944. The average molecular weight is 392 g/mol. The van der Waals surface area contributed by atoms with Crippen LogP contribution in [0.3, 0.4) is 0 Å². The zero-order valence-electron chi connectivity index (χ0n) is 14.9. The van der Waals surface area contributed by atoms with Crippen molar-refractivity contribution in [3.05, 3.63) is 77.1 Å². The number of aromatic nitrogens is 2. The molecule has 1 aromatic heterocycles. The minimum Gasteiger partial charge on any atom is -0.507 e. The van der Waals surface area contributed by atoms with Gasteiger partial charge in [0.15, 0.2) is 5.69 Å². The minimum absolute atomic E-state index is 0.00858. The fourth-order valence-corrected chi connectivity index (χ4v) is 2.19. The highest BCUT2D eigenvalue weighted by Crippen LogP contribution is 2.13. The van der Waals surface area contributed by atoms with E-state index in [9.17, 15) is 19.8 Å². The second-order valence-corrected chi connectivity index (χ2v) is 5.68. The zero-order chi connectivity index (χ0) is 20.6. The minimum atomic E-state index is -0.648. The maximum Gasteiger partial charge on any atom is 0.291 e. The Morgan fingerprint density at radius 1 is 0.862 bits per heavy atom. The standard InChI is InChI=1S/C19H16N6O4/c26-16-7-3-1-5-12(16)10-20-24-18(28)14-9-15(23-22-14)19(29)25-21-11-13-6-2-4-8-17(13)27/h1-11,26-27H,(H,22,23)(H,24,28)(H,25,29)/b20-10+,21-11+. The molecule has 0 bridgehead atoms. The summed E-state index contributed by atoms with van der Waals surface area (Å²) in [7, 11) is 0. The molecule has 0 aliphatic heterocycles. The lowest BCUT2D eigenvalue weighted by Gasteiger charge is -1.98. The number of phenols is 2. The number of hydrogen-bond donors (Lipinski definition) is 5. The number of carbonyl (C=O) groups excluding carboxylic acids is 2. The highest BCUT2D eigenvalue weighted by molar-refractivity contribution is 5.98. The maximum atomic E-state index is 12.0. The molecule has 29 heavy (non-hydrogen) atoms. The van der Waals surface area contributed by atoms with Gasteiger partial charge in [0.25, 0.3) is 11.8 Å². The van der Waals surface area contributed by atoms with Gasteiger partial charge in [-0.1, -0.05) is 24.3 Å². The number of hydrazone groups is 2. The fourth-order valence-electron chi connectivity index (χ4n) is 2.19. The van der Waals surface area contributed by atoms with E-state index in [1.165, 1.54) is 30.6 Å². The summed E-state index contributed by atoms with van der Waals surface area (Å²) in [5, 5.41) is 32.9. The number of hydrogen-bond acceptors (Lipinski definition) is 7. The van der Waals surface area contributed by atoms with Gasteiger partial charge in [0, 0.05) is 17.2 Å². The molecular weight excluding hydrogens is 376 g/mol. The highest BCUT2D eigenvalue weighted by Gasteiger charge is 2.14. The third-order valence-corrected chi connectivity index (χ3v) is 3.67. The number of benzene rings is 2. The summed E-state index contributed by atoms with van der Waals surface area (Å²) in [5.41, 5.74) is 5.31. The van der Waals surface area contributed by atoms with Crippen molar-refractivity contribution >= 4 is 24.2 Å². The van der Waals surface area contributed by atoms with E-state index < -0.39 is 11.8 Å². The fraction of sp³-hybridized carbons (Fsp3) is 0. The Morgan fingerprint density at radius 2 is 1.38 bits per heavy atom. The molecule has 1 heterocycles. The summed E-state index contributed by atoms with van der Waals surface area (Å²) in [5.74, 6) is -1.23. The second-order valence-electron chi connectivity index (χ2n) is 5.68. The third-order valence-electron chi connectivity index (χ3n) is 3.67. The first kappa shape index (κ1) is 19.3. The Kier molecular flexibility index (Phi) is 5.96. The van der Waals surface area contributed by atoms with Crippen LogP contribution in [0.4, 0.5) is 0 Å². The van der Waals surface area contributed by atoms with Crippen LogP contribution in [-0.4, -0.2) is 44.7 Å². The molecule has 0 saturated heterocycles. The van der Waals surface area contributed by atoms with Gasteiger partial charge >= 0.3 is 0 Å². The summed E-state index contributed by atoms with van der Waals surface area (Å²) in [6.07, 6.45) is 2.56. The molecule has 0 aliphatic rings. The Hall–Kier alpha value is -4.47. The van der Waals surface area contributed by atoms with Crippen molar-refractivity contribution in [1.29, 1.82) is 0 Å². The first-order chi connectivity index (χ1) is 14.0. The Labute approximate surface area is 164 Å². The molecule has 0 spiro atoms. The smallest absolute Gasteiger partial charge is 0.291 e. The molecule has 0 radical (unpaired) electrons. The molecule has 0 unspecified atom stereocenters. The topological polar surface area (TPSA) is 152 Å². The van der Waals surface area contributed by atoms with Crippen molar-refractivity contribution in [1.82, 2.24) is 21.0 Å². The molecule has 3 aromatic rings. The van der Waals surface area contributed by atoms with Gasteiger partial charge in [0.05, 0.1) is 12.4 Å².